The van der Waals surface area contributed by atoms with E-state index in [1.165, 1.54) is 24.6 Å². The Morgan fingerprint density at radius 1 is 1.21 bits per heavy atom. The Hall–Kier alpha value is -2.83. The van der Waals surface area contributed by atoms with E-state index in [1.54, 1.807) is 12.4 Å². The number of aromatic amines is 1. The molecule has 0 radical (unpaired) electrons. The van der Waals surface area contributed by atoms with Gasteiger partial charge in [0.1, 0.15) is 5.82 Å². The fraction of sp³-hybridized carbons (Fsp3) is 0.318. The van der Waals surface area contributed by atoms with Crippen molar-refractivity contribution in [1.29, 1.82) is 0 Å². The predicted molar refractivity (Wildman–Crippen MR) is 111 cm³/mol. The molecule has 1 aliphatic heterocycles. The summed E-state index contributed by atoms with van der Waals surface area (Å²) in [7, 11) is 4.37. The van der Waals surface area contributed by atoms with Crippen molar-refractivity contribution in [3.63, 3.8) is 0 Å². The Bertz CT molecular complexity index is 984. The number of aromatic nitrogens is 3. The zero-order valence-corrected chi connectivity index (χ0v) is 16.3. The SMILES string of the molecule is CN1CCC(N(C)Cc2ccc(-c3nc(-c4cccnc4)cc(=O)[nH]3)cc2)C1. The van der Waals surface area contributed by atoms with Crippen LogP contribution in [0.2, 0.25) is 0 Å². The number of hydrogen-bond donors (Lipinski definition) is 1. The average molecular weight is 375 g/mol. The van der Waals surface area contributed by atoms with Crippen molar-refractivity contribution in [3.05, 3.63) is 70.8 Å². The van der Waals surface area contributed by atoms with E-state index >= 15 is 0 Å². The second-order valence-corrected chi connectivity index (χ2v) is 7.54. The summed E-state index contributed by atoms with van der Waals surface area (Å²) in [5, 5.41) is 0. The maximum absolute atomic E-state index is 12.1. The smallest absolute Gasteiger partial charge is 0.251 e. The molecular formula is C22H25N5O. The summed E-state index contributed by atoms with van der Waals surface area (Å²) in [6.07, 6.45) is 4.64. The first kappa shape index (κ1) is 18.5. The van der Waals surface area contributed by atoms with Crippen molar-refractivity contribution in [2.45, 2.75) is 19.0 Å². The molecule has 1 aliphatic rings. The molecule has 4 rings (SSSR count). The van der Waals surface area contributed by atoms with Crippen LogP contribution in [-0.2, 0) is 6.54 Å². The second-order valence-electron chi connectivity index (χ2n) is 7.54. The first-order valence-corrected chi connectivity index (χ1v) is 9.58. The highest BCUT2D eigenvalue weighted by Gasteiger charge is 2.23. The van der Waals surface area contributed by atoms with Crippen LogP contribution in [0.15, 0.2) is 59.7 Å². The minimum Gasteiger partial charge on any atom is -0.306 e. The highest BCUT2D eigenvalue weighted by atomic mass is 16.1. The van der Waals surface area contributed by atoms with Gasteiger partial charge in [-0.15, -0.1) is 0 Å². The zero-order chi connectivity index (χ0) is 19.5. The first-order chi connectivity index (χ1) is 13.6. The Kier molecular flexibility index (Phi) is 5.32. The van der Waals surface area contributed by atoms with E-state index in [0.29, 0.717) is 17.6 Å². The highest BCUT2D eigenvalue weighted by molar-refractivity contribution is 5.62. The molecular weight excluding hydrogens is 350 g/mol. The molecule has 1 unspecified atom stereocenters. The number of hydrogen-bond acceptors (Lipinski definition) is 5. The zero-order valence-electron chi connectivity index (χ0n) is 16.3. The standard InChI is InChI=1S/C22H25N5O/c1-26-11-9-19(15-26)27(2)14-16-5-7-17(8-6-16)22-24-20(12-21(28)25-22)18-4-3-10-23-13-18/h3-8,10,12-13,19H,9,11,14-15H2,1-2H3,(H,24,25,28). The van der Waals surface area contributed by atoms with Gasteiger partial charge in [0.2, 0.25) is 0 Å². The third-order valence-electron chi connectivity index (χ3n) is 5.35. The van der Waals surface area contributed by atoms with Crippen LogP contribution in [0.4, 0.5) is 0 Å². The lowest BCUT2D eigenvalue weighted by Crippen LogP contribution is -2.33. The van der Waals surface area contributed by atoms with Gasteiger partial charge in [0, 0.05) is 48.7 Å². The third kappa shape index (κ3) is 4.18. The van der Waals surface area contributed by atoms with Crippen LogP contribution in [0.1, 0.15) is 12.0 Å². The number of likely N-dealkylation sites (tertiary alicyclic amines) is 1. The fourth-order valence-corrected chi connectivity index (χ4v) is 3.71. The van der Waals surface area contributed by atoms with Crippen molar-refractivity contribution >= 4 is 0 Å². The molecule has 1 saturated heterocycles. The number of rotatable bonds is 5. The van der Waals surface area contributed by atoms with E-state index < -0.39 is 0 Å². The topological polar surface area (TPSA) is 65.1 Å². The molecule has 1 aromatic carbocycles. The van der Waals surface area contributed by atoms with Gasteiger partial charge in [-0.25, -0.2) is 4.98 Å². The van der Waals surface area contributed by atoms with Crippen LogP contribution in [0.3, 0.4) is 0 Å². The van der Waals surface area contributed by atoms with Crippen molar-refractivity contribution in [2.75, 3.05) is 27.2 Å². The molecule has 0 bridgehead atoms. The van der Waals surface area contributed by atoms with Crippen molar-refractivity contribution in [2.24, 2.45) is 0 Å². The molecule has 6 heteroatoms. The second kappa shape index (κ2) is 8.04. The fourth-order valence-electron chi connectivity index (χ4n) is 3.71. The number of H-pyrrole nitrogens is 1. The predicted octanol–water partition coefficient (Wildman–Crippen LogP) is 2.63. The number of likely N-dealkylation sites (N-methyl/N-ethyl adjacent to an activating group) is 2. The van der Waals surface area contributed by atoms with Crippen LogP contribution < -0.4 is 5.56 Å². The van der Waals surface area contributed by atoms with Crippen LogP contribution in [0.25, 0.3) is 22.6 Å². The van der Waals surface area contributed by atoms with Crippen molar-refractivity contribution in [1.82, 2.24) is 24.8 Å². The Labute approximate surface area is 164 Å². The molecule has 1 N–H and O–H groups in total. The van der Waals surface area contributed by atoms with E-state index in [4.69, 9.17) is 0 Å². The minimum atomic E-state index is -0.169. The van der Waals surface area contributed by atoms with E-state index in [9.17, 15) is 4.79 Å². The summed E-state index contributed by atoms with van der Waals surface area (Å²) in [4.78, 5) is 28.5. The summed E-state index contributed by atoms with van der Waals surface area (Å²) in [6.45, 7) is 3.21. The van der Waals surface area contributed by atoms with E-state index in [0.717, 1.165) is 24.2 Å². The number of nitrogens with one attached hydrogen (secondary N) is 1. The van der Waals surface area contributed by atoms with Crippen LogP contribution >= 0.6 is 0 Å². The quantitative estimate of drug-likeness (QED) is 0.743. The number of pyridine rings is 1. The van der Waals surface area contributed by atoms with Gasteiger partial charge in [-0.1, -0.05) is 24.3 Å². The maximum atomic E-state index is 12.1. The van der Waals surface area contributed by atoms with E-state index in [2.05, 4.69) is 51.0 Å². The van der Waals surface area contributed by atoms with Gasteiger partial charge in [-0.2, -0.15) is 0 Å². The molecule has 3 heterocycles. The van der Waals surface area contributed by atoms with Crippen LogP contribution in [0, 0.1) is 0 Å². The van der Waals surface area contributed by atoms with Gasteiger partial charge < -0.3 is 9.88 Å². The lowest BCUT2D eigenvalue weighted by atomic mass is 10.1. The summed E-state index contributed by atoms with van der Waals surface area (Å²) in [5.74, 6) is 0.573. The first-order valence-electron chi connectivity index (χ1n) is 9.58. The van der Waals surface area contributed by atoms with Gasteiger partial charge >= 0.3 is 0 Å². The molecule has 1 fully saturated rings. The molecule has 0 saturated carbocycles. The van der Waals surface area contributed by atoms with Gasteiger partial charge in [-0.3, -0.25) is 14.7 Å². The summed E-state index contributed by atoms with van der Waals surface area (Å²) in [5.41, 5.74) is 3.44. The lowest BCUT2D eigenvalue weighted by molar-refractivity contribution is 0.234. The lowest BCUT2D eigenvalue weighted by Gasteiger charge is -2.24. The molecule has 144 valence electrons. The van der Waals surface area contributed by atoms with Crippen LogP contribution in [-0.4, -0.2) is 58.0 Å². The molecule has 2 aromatic heterocycles. The Balaban J connectivity index is 1.52. The van der Waals surface area contributed by atoms with Crippen molar-refractivity contribution < 1.29 is 0 Å². The molecule has 6 nitrogen and oxygen atoms in total. The minimum absolute atomic E-state index is 0.169. The highest BCUT2D eigenvalue weighted by Crippen LogP contribution is 2.21. The van der Waals surface area contributed by atoms with Gasteiger partial charge in [-0.05, 0) is 44.8 Å². The Morgan fingerprint density at radius 2 is 2.04 bits per heavy atom. The molecule has 28 heavy (non-hydrogen) atoms. The summed E-state index contributed by atoms with van der Waals surface area (Å²) in [6, 6.07) is 14.1. The average Bonchev–Trinajstić information content (AvgIpc) is 3.15. The van der Waals surface area contributed by atoms with Crippen molar-refractivity contribution in [3.8, 4) is 22.6 Å². The third-order valence-corrected chi connectivity index (χ3v) is 5.35. The Morgan fingerprint density at radius 3 is 2.71 bits per heavy atom. The van der Waals surface area contributed by atoms with Crippen LogP contribution in [0.5, 0.6) is 0 Å². The van der Waals surface area contributed by atoms with E-state index in [-0.39, 0.29) is 5.56 Å². The molecule has 1 atom stereocenters. The maximum Gasteiger partial charge on any atom is 0.251 e. The molecule has 0 aliphatic carbocycles. The molecule has 0 amide bonds. The van der Waals surface area contributed by atoms with E-state index in [1.807, 2.05) is 24.3 Å². The van der Waals surface area contributed by atoms with Gasteiger partial charge in [0.15, 0.2) is 0 Å². The summed E-state index contributed by atoms with van der Waals surface area (Å²) >= 11 is 0. The number of benzene rings is 1. The molecule has 0 spiro atoms. The van der Waals surface area contributed by atoms with Gasteiger partial charge in [0.25, 0.3) is 5.56 Å². The number of nitrogens with zero attached hydrogens (tertiary/aromatic N) is 4. The van der Waals surface area contributed by atoms with Gasteiger partial charge in [0.05, 0.1) is 5.69 Å². The monoisotopic (exact) mass is 375 g/mol. The largest absolute Gasteiger partial charge is 0.306 e. The molecule has 3 aromatic rings. The summed E-state index contributed by atoms with van der Waals surface area (Å²) < 4.78 is 0. The normalized spacial score (nSPS) is 17.3.